The summed E-state index contributed by atoms with van der Waals surface area (Å²) in [5, 5.41) is 2.82. The maximum Gasteiger partial charge on any atom is -0.0226 e. The first-order chi connectivity index (χ1) is 6.86. The molecule has 0 fully saturated rings. The molecule has 0 aliphatic carbocycles. The van der Waals surface area contributed by atoms with Crippen molar-refractivity contribution in [2.24, 2.45) is 0 Å². The average Bonchev–Trinajstić information content (AvgIpc) is 2.25. The second-order valence-corrected chi connectivity index (χ2v) is 4.45. The molecular formula is C13H17P. The quantitative estimate of drug-likeness (QED) is 0.516. The zero-order valence-electron chi connectivity index (χ0n) is 8.83. The maximum absolute atomic E-state index is 2.23. The Morgan fingerprint density at radius 3 is 2.57 bits per heavy atom. The van der Waals surface area contributed by atoms with E-state index in [0.717, 1.165) is 15.0 Å². The molecule has 0 aliphatic heterocycles. The van der Waals surface area contributed by atoms with E-state index in [1.165, 1.54) is 10.6 Å². The van der Waals surface area contributed by atoms with E-state index in [1.54, 1.807) is 0 Å². The third kappa shape index (κ3) is 3.89. The van der Waals surface area contributed by atoms with Crippen molar-refractivity contribution in [2.45, 2.75) is 20.3 Å². The molecule has 1 heteroatoms. The summed E-state index contributed by atoms with van der Waals surface area (Å²) in [4.78, 5) is 0. The van der Waals surface area contributed by atoms with E-state index >= 15 is 0 Å². The molecule has 0 amide bonds. The van der Waals surface area contributed by atoms with Gasteiger partial charge in [0.25, 0.3) is 0 Å². The van der Waals surface area contributed by atoms with E-state index in [2.05, 4.69) is 62.4 Å². The molecule has 0 nitrogen and oxygen atoms in total. The molecule has 14 heavy (non-hydrogen) atoms. The van der Waals surface area contributed by atoms with Crippen molar-refractivity contribution < 1.29 is 0 Å². The van der Waals surface area contributed by atoms with Gasteiger partial charge in [-0.1, -0.05) is 64.1 Å². The van der Waals surface area contributed by atoms with Gasteiger partial charge in [0.15, 0.2) is 0 Å². The van der Waals surface area contributed by atoms with Crippen LogP contribution in [-0.2, 0) is 0 Å². The van der Waals surface area contributed by atoms with Gasteiger partial charge in [-0.15, -0.1) is 0 Å². The molecule has 1 aromatic rings. The van der Waals surface area contributed by atoms with Gasteiger partial charge in [-0.05, 0) is 24.0 Å². The van der Waals surface area contributed by atoms with Crippen LogP contribution in [0.5, 0.6) is 0 Å². The first kappa shape index (κ1) is 11.2. The van der Waals surface area contributed by atoms with Gasteiger partial charge in [0.2, 0.25) is 0 Å². The molecule has 0 N–H and O–H groups in total. The van der Waals surface area contributed by atoms with Crippen molar-refractivity contribution >= 4 is 13.9 Å². The van der Waals surface area contributed by atoms with Crippen LogP contribution in [0.2, 0.25) is 0 Å². The number of rotatable bonds is 4. The number of hydrogen-bond acceptors (Lipinski definition) is 0. The van der Waals surface area contributed by atoms with Crippen LogP contribution in [0.25, 0.3) is 0 Å². The minimum atomic E-state index is 0.780. The maximum atomic E-state index is 2.23. The Morgan fingerprint density at radius 2 is 2.00 bits per heavy atom. The van der Waals surface area contributed by atoms with Crippen LogP contribution in [0.15, 0.2) is 53.9 Å². The fraction of sp³-hybridized carbons (Fsp3) is 0.231. The summed E-state index contributed by atoms with van der Waals surface area (Å²) in [5.41, 5.74) is 0. The standard InChI is InChI=1S/C13H17P/c1-3-5-9-12(4-2)14-13-10-7-6-8-11-13/h4-11,14H,3H2,1-2H3/b9-5-,12-4+. The second-order valence-electron chi connectivity index (χ2n) is 3.05. The van der Waals surface area contributed by atoms with Crippen LogP contribution < -0.4 is 5.30 Å². The van der Waals surface area contributed by atoms with Crippen molar-refractivity contribution in [1.29, 1.82) is 0 Å². The third-order valence-electron chi connectivity index (χ3n) is 1.91. The molecule has 0 heterocycles. The van der Waals surface area contributed by atoms with Gasteiger partial charge in [-0.3, -0.25) is 0 Å². The SMILES string of the molecule is C/C=C(\C=C/CC)Pc1ccccc1. The molecular weight excluding hydrogens is 187 g/mol. The van der Waals surface area contributed by atoms with Crippen LogP contribution in [-0.4, -0.2) is 0 Å². The van der Waals surface area contributed by atoms with Gasteiger partial charge in [0, 0.05) is 0 Å². The summed E-state index contributed by atoms with van der Waals surface area (Å²) in [6.45, 7) is 4.26. The lowest BCUT2D eigenvalue weighted by atomic mass is 10.4. The van der Waals surface area contributed by atoms with Gasteiger partial charge in [0.1, 0.15) is 0 Å². The fourth-order valence-electron chi connectivity index (χ4n) is 1.14. The van der Waals surface area contributed by atoms with Crippen LogP contribution in [0, 0.1) is 0 Å². The number of benzene rings is 1. The largest absolute Gasteiger partial charge is 0.0842 e. The minimum Gasteiger partial charge on any atom is -0.0842 e. The summed E-state index contributed by atoms with van der Waals surface area (Å²) >= 11 is 0. The summed E-state index contributed by atoms with van der Waals surface area (Å²) in [7, 11) is 0.780. The lowest BCUT2D eigenvalue weighted by Gasteiger charge is -2.01. The molecule has 0 aliphatic rings. The van der Waals surface area contributed by atoms with E-state index < -0.39 is 0 Å². The summed E-state index contributed by atoms with van der Waals surface area (Å²) in [5.74, 6) is 0. The third-order valence-corrected chi connectivity index (χ3v) is 3.27. The molecule has 0 spiro atoms. The van der Waals surface area contributed by atoms with Crippen molar-refractivity contribution in [3.05, 3.63) is 53.9 Å². The van der Waals surface area contributed by atoms with E-state index in [4.69, 9.17) is 0 Å². The molecule has 1 aromatic carbocycles. The predicted molar refractivity (Wildman–Crippen MR) is 67.6 cm³/mol. The topological polar surface area (TPSA) is 0 Å². The van der Waals surface area contributed by atoms with E-state index in [-0.39, 0.29) is 0 Å². The first-order valence-corrected chi connectivity index (χ1v) is 6.01. The van der Waals surface area contributed by atoms with Gasteiger partial charge >= 0.3 is 0 Å². The molecule has 1 unspecified atom stereocenters. The van der Waals surface area contributed by atoms with Crippen LogP contribution >= 0.6 is 8.58 Å². The molecule has 0 saturated heterocycles. The van der Waals surface area contributed by atoms with Crippen molar-refractivity contribution in [1.82, 2.24) is 0 Å². The summed E-state index contributed by atoms with van der Waals surface area (Å²) in [6, 6.07) is 10.6. The highest BCUT2D eigenvalue weighted by Gasteiger charge is 1.93. The summed E-state index contributed by atoms with van der Waals surface area (Å²) in [6.07, 6.45) is 7.74. The Bertz CT molecular complexity index is 309. The van der Waals surface area contributed by atoms with Crippen LogP contribution in [0.1, 0.15) is 20.3 Å². The van der Waals surface area contributed by atoms with Crippen LogP contribution in [0.4, 0.5) is 0 Å². The highest BCUT2D eigenvalue weighted by Crippen LogP contribution is 2.23. The Kier molecular flexibility index (Phi) is 5.25. The van der Waals surface area contributed by atoms with Crippen molar-refractivity contribution in [3.63, 3.8) is 0 Å². The zero-order valence-corrected chi connectivity index (χ0v) is 9.83. The predicted octanol–water partition coefficient (Wildman–Crippen LogP) is 3.86. The summed E-state index contributed by atoms with van der Waals surface area (Å²) < 4.78 is 0. The molecule has 0 aromatic heterocycles. The zero-order chi connectivity index (χ0) is 10.2. The molecule has 1 rings (SSSR count). The number of hydrogen-bond donors (Lipinski definition) is 0. The number of allylic oxidation sites excluding steroid dienone is 4. The molecule has 1 atom stereocenters. The lowest BCUT2D eigenvalue weighted by Crippen LogP contribution is -1.90. The van der Waals surface area contributed by atoms with Crippen LogP contribution in [0.3, 0.4) is 0 Å². The lowest BCUT2D eigenvalue weighted by molar-refractivity contribution is 1.22. The smallest absolute Gasteiger partial charge is 0.0226 e. The van der Waals surface area contributed by atoms with Crippen molar-refractivity contribution in [2.75, 3.05) is 0 Å². The van der Waals surface area contributed by atoms with E-state index in [1.807, 2.05) is 0 Å². The molecule has 74 valence electrons. The van der Waals surface area contributed by atoms with E-state index in [0.29, 0.717) is 0 Å². The fourth-order valence-corrected chi connectivity index (χ4v) is 2.18. The van der Waals surface area contributed by atoms with Gasteiger partial charge in [-0.25, -0.2) is 0 Å². The van der Waals surface area contributed by atoms with Gasteiger partial charge in [0.05, 0.1) is 0 Å². The Labute approximate surface area is 88.5 Å². The second kappa shape index (κ2) is 6.56. The average molecular weight is 204 g/mol. The minimum absolute atomic E-state index is 0.780. The van der Waals surface area contributed by atoms with Gasteiger partial charge < -0.3 is 0 Å². The van der Waals surface area contributed by atoms with E-state index in [9.17, 15) is 0 Å². The molecule has 0 radical (unpaired) electrons. The Balaban J connectivity index is 2.63. The molecule has 0 bridgehead atoms. The Hall–Kier alpha value is -0.870. The Morgan fingerprint density at radius 1 is 1.29 bits per heavy atom. The highest BCUT2D eigenvalue weighted by molar-refractivity contribution is 7.52. The normalized spacial score (nSPS) is 13.1. The monoisotopic (exact) mass is 204 g/mol. The molecule has 0 saturated carbocycles. The first-order valence-electron chi connectivity index (χ1n) is 5.01. The van der Waals surface area contributed by atoms with Gasteiger partial charge in [-0.2, -0.15) is 0 Å². The highest BCUT2D eigenvalue weighted by atomic mass is 31.1. The van der Waals surface area contributed by atoms with Crippen molar-refractivity contribution in [3.8, 4) is 0 Å².